The van der Waals surface area contributed by atoms with Crippen LogP contribution in [0.3, 0.4) is 0 Å². The zero-order valence-corrected chi connectivity index (χ0v) is 12.2. The zero-order valence-electron chi connectivity index (χ0n) is 10.5. The van der Waals surface area contributed by atoms with Crippen molar-refractivity contribution in [1.29, 1.82) is 0 Å². The summed E-state index contributed by atoms with van der Waals surface area (Å²) in [5.74, 6) is 0. The maximum atomic E-state index is 12.1. The molecule has 1 aliphatic heterocycles. The normalized spacial score (nSPS) is 37.3. The van der Waals surface area contributed by atoms with Crippen molar-refractivity contribution in [2.45, 2.75) is 31.5 Å². The van der Waals surface area contributed by atoms with Crippen molar-refractivity contribution in [1.82, 2.24) is 4.67 Å². The predicted molar refractivity (Wildman–Crippen MR) is 67.0 cm³/mol. The molecule has 7 heteroatoms. The topological polar surface area (TPSA) is 63.5 Å². The van der Waals surface area contributed by atoms with E-state index in [1.54, 1.807) is 13.3 Å². The Hall–Kier alpha value is -0.160. The third kappa shape index (κ3) is 2.81. The van der Waals surface area contributed by atoms with E-state index in [1.807, 2.05) is 11.6 Å². The Morgan fingerprint density at radius 1 is 1.47 bits per heavy atom. The molecule has 0 radical (unpaired) electrons. The third-order valence-corrected chi connectivity index (χ3v) is 5.33. The summed E-state index contributed by atoms with van der Waals surface area (Å²) in [6.45, 7) is 5.35. The highest BCUT2D eigenvalue weighted by molar-refractivity contribution is 7.86. The van der Waals surface area contributed by atoms with Gasteiger partial charge in [0, 0.05) is 13.3 Å². The molecule has 0 aromatic rings. The molecule has 1 aliphatic carbocycles. The van der Waals surface area contributed by atoms with Gasteiger partial charge in [0.15, 0.2) is 0 Å². The van der Waals surface area contributed by atoms with Crippen molar-refractivity contribution in [2.75, 3.05) is 19.6 Å². The molecule has 2 aliphatic rings. The van der Waals surface area contributed by atoms with Crippen molar-refractivity contribution in [3.05, 3.63) is 11.6 Å². The molecular weight excluding hydrogens is 261 g/mol. The lowest BCUT2D eigenvalue weighted by atomic mass is 9.98. The molecule has 0 bridgehead atoms. The Kier molecular flexibility index (Phi) is 3.06. The highest BCUT2D eigenvalue weighted by Gasteiger charge is 2.58. The molecule has 0 aromatic heterocycles. The van der Waals surface area contributed by atoms with Crippen LogP contribution in [0.5, 0.6) is 0 Å². The van der Waals surface area contributed by atoms with E-state index in [0.717, 1.165) is 11.8 Å². The van der Waals surface area contributed by atoms with Gasteiger partial charge in [0.05, 0.1) is 24.4 Å². The molecule has 0 saturated carbocycles. The summed E-state index contributed by atoms with van der Waals surface area (Å²) in [7, 11) is -5.81. The maximum absolute atomic E-state index is 12.1. The molecule has 1 heterocycles. The van der Waals surface area contributed by atoms with E-state index in [2.05, 4.69) is 6.08 Å². The van der Waals surface area contributed by atoms with Crippen LogP contribution in [0.2, 0.25) is 0 Å². The summed E-state index contributed by atoms with van der Waals surface area (Å²) in [6, 6.07) is 0.0330. The first-order chi connectivity index (χ1) is 7.59. The van der Waals surface area contributed by atoms with Gasteiger partial charge in [-0.1, -0.05) is 11.6 Å². The van der Waals surface area contributed by atoms with Gasteiger partial charge in [-0.15, -0.1) is 0 Å². The smallest absolute Gasteiger partial charge is 0.264 e. The molecule has 0 aromatic carbocycles. The maximum Gasteiger partial charge on any atom is 0.264 e. The van der Waals surface area contributed by atoms with Crippen LogP contribution in [-0.4, -0.2) is 50.9 Å². The Labute approximate surface area is 102 Å². The minimum Gasteiger partial charge on any atom is -0.307 e. The van der Waals surface area contributed by atoms with Crippen LogP contribution in [0.4, 0.5) is 0 Å². The minimum absolute atomic E-state index is 0.0470. The highest BCUT2D eigenvalue weighted by Crippen LogP contribution is 2.58. The lowest BCUT2D eigenvalue weighted by Crippen LogP contribution is -2.28. The van der Waals surface area contributed by atoms with Crippen molar-refractivity contribution in [3.8, 4) is 0 Å². The molecule has 4 atom stereocenters. The summed E-state index contributed by atoms with van der Waals surface area (Å²) < 4.78 is 41.4. The number of rotatable bonds is 3. The molecule has 2 rings (SSSR count). The molecule has 0 N–H and O–H groups in total. The lowest BCUT2D eigenvalue weighted by Gasteiger charge is -2.19. The van der Waals surface area contributed by atoms with Gasteiger partial charge >= 0.3 is 0 Å². The van der Waals surface area contributed by atoms with Gasteiger partial charge in [0.1, 0.15) is 7.29 Å². The Balaban J connectivity index is 2.22. The van der Waals surface area contributed by atoms with E-state index in [4.69, 9.17) is 4.18 Å². The minimum atomic E-state index is -3.47. The lowest BCUT2D eigenvalue weighted by molar-refractivity contribution is 0.197. The molecule has 98 valence electrons. The molecule has 17 heavy (non-hydrogen) atoms. The second kappa shape index (κ2) is 3.92. The first-order valence-electron chi connectivity index (χ1n) is 5.49. The number of hydrogen-bond acceptors (Lipinski definition) is 4. The summed E-state index contributed by atoms with van der Waals surface area (Å²) in [5.41, 5.74) is 1.09. The van der Waals surface area contributed by atoms with Crippen LogP contribution in [0.1, 0.15) is 13.3 Å². The summed E-state index contributed by atoms with van der Waals surface area (Å²) in [6.07, 6.45) is 3.31. The average molecular weight is 279 g/mol. The van der Waals surface area contributed by atoms with Crippen LogP contribution in [0, 0.1) is 0 Å². The van der Waals surface area contributed by atoms with Crippen molar-refractivity contribution < 1.29 is 17.2 Å². The number of nitrogens with zero attached hydrogens (tertiary/aromatic N) is 1. The molecule has 5 nitrogen and oxygen atoms in total. The van der Waals surface area contributed by atoms with E-state index in [0.29, 0.717) is 6.42 Å². The van der Waals surface area contributed by atoms with Gasteiger partial charge in [0.2, 0.25) is 0 Å². The van der Waals surface area contributed by atoms with Crippen LogP contribution >= 0.6 is 7.29 Å². The fraction of sp³-hybridized carbons (Fsp3) is 0.800. The molecule has 1 unspecified atom stereocenters. The highest BCUT2D eigenvalue weighted by atomic mass is 32.2. The predicted octanol–water partition coefficient (Wildman–Crippen LogP) is 1.27. The SMILES string of the molecule is CC1=C[C@H]2[C@@H]([C@H](OS(C)(=O)=O)C1)N2P(C)(C)=O. The van der Waals surface area contributed by atoms with Crippen molar-refractivity contribution in [2.24, 2.45) is 0 Å². The Morgan fingerprint density at radius 2 is 2.06 bits per heavy atom. The van der Waals surface area contributed by atoms with Gasteiger partial charge in [-0.25, -0.2) is 4.67 Å². The van der Waals surface area contributed by atoms with Gasteiger partial charge in [-0.05, 0) is 13.3 Å². The fourth-order valence-electron chi connectivity index (χ4n) is 2.58. The monoisotopic (exact) mass is 279 g/mol. The van der Waals surface area contributed by atoms with E-state index >= 15 is 0 Å². The summed E-state index contributed by atoms with van der Waals surface area (Å²) in [4.78, 5) is 0. The standard InChI is InChI=1S/C10H18NO4PS/c1-7-5-8-10(11(8)16(2,3)12)9(6-7)15-17(4,13)14/h5,8-10H,6H2,1-4H3/t8-,9+,10-,11?/m0/s1. The van der Waals surface area contributed by atoms with Gasteiger partial charge < -0.3 is 4.57 Å². The van der Waals surface area contributed by atoms with Crippen molar-refractivity contribution in [3.63, 3.8) is 0 Å². The first kappa shape index (κ1) is 13.3. The van der Waals surface area contributed by atoms with Crippen LogP contribution in [0.15, 0.2) is 11.6 Å². The van der Waals surface area contributed by atoms with E-state index in [-0.39, 0.29) is 12.1 Å². The number of hydrogen-bond donors (Lipinski definition) is 0. The van der Waals surface area contributed by atoms with Gasteiger partial charge in [-0.3, -0.25) is 4.18 Å². The quantitative estimate of drug-likeness (QED) is 0.337. The molecule has 1 saturated heterocycles. The van der Waals surface area contributed by atoms with E-state index < -0.39 is 23.5 Å². The van der Waals surface area contributed by atoms with Gasteiger partial charge in [-0.2, -0.15) is 8.42 Å². The second-order valence-electron chi connectivity index (χ2n) is 5.21. The van der Waals surface area contributed by atoms with E-state index in [9.17, 15) is 13.0 Å². The van der Waals surface area contributed by atoms with Crippen LogP contribution in [0.25, 0.3) is 0 Å². The molecular formula is C10H18NO4PS. The molecule has 0 spiro atoms. The third-order valence-electron chi connectivity index (χ3n) is 3.09. The number of fused-ring (bicyclic) bond motifs is 1. The average Bonchev–Trinajstić information content (AvgIpc) is 2.73. The summed E-state index contributed by atoms with van der Waals surface area (Å²) >= 11 is 0. The Morgan fingerprint density at radius 3 is 2.53 bits per heavy atom. The van der Waals surface area contributed by atoms with Crippen LogP contribution in [-0.2, 0) is 18.9 Å². The Bertz CT molecular complexity index is 506. The summed E-state index contributed by atoms with van der Waals surface area (Å²) in [5, 5.41) is 0. The van der Waals surface area contributed by atoms with E-state index in [1.165, 1.54) is 0 Å². The zero-order chi connectivity index (χ0) is 13.0. The van der Waals surface area contributed by atoms with Crippen LogP contribution < -0.4 is 0 Å². The largest absolute Gasteiger partial charge is 0.307 e. The fourth-order valence-corrected chi connectivity index (χ4v) is 4.92. The second-order valence-corrected chi connectivity index (χ2v) is 9.86. The molecule has 1 fully saturated rings. The van der Waals surface area contributed by atoms with Gasteiger partial charge in [0.25, 0.3) is 10.1 Å². The first-order valence-corrected chi connectivity index (χ1v) is 9.86. The van der Waals surface area contributed by atoms with Crippen molar-refractivity contribution >= 4 is 17.4 Å². The molecule has 0 amide bonds.